The molecule has 3 aromatic rings. The number of rotatable bonds is 8. The van der Waals surface area contributed by atoms with E-state index < -0.39 is 5.92 Å². The van der Waals surface area contributed by atoms with Crippen molar-refractivity contribution in [1.29, 1.82) is 0 Å². The third kappa shape index (κ3) is 5.53. The number of halogens is 2. The average molecular weight is 411 g/mol. The molecule has 0 atom stereocenters. The Morgan fingerprint density at radius 2 is 1.60 bits per heavy atom. The molecule has 0 spiro atoms. The summed E-state index contributed by atoms with van der Waals surface area (Å²) in [4.78, 5) is 11.0. The van der Waals surface area contributed by atoms with Gasteiger partial charge in [-0.3, -0.25) is 0 Å². The number of hydrogen-bond acceptors (Lipinski definition) is 4. The molecule has 0 aliphatic heterocycles. The zero-order valence-corrected chi connectivity index (χ0v) is 17.6. The average Bonchev–Trinajstić information content (AvgIpc) is 2.73. The van der Waals surface area contributed by atoms with E-state index in [-0.39, 0.29) is 11.3 Å². The first kappa shape index (κ1) is 21.7. The quantitative estimate of drug-likeness (QED) is 0.538. The Labute approximate surface area is 176 Å². The van der Waals surface area contributed by atoms with E-state index in [1.807, 2.05) is 43.3 Å². The lowest BCUT2D eigenvalue weighted by molar-refractivity contribution is 0.0174. The van der Waals surface area contributed by atoms with Gasteiger partial charge in [0.05, 0.1) is 0 Å². The van der Waals surface area contributed by atoms with Crippen LogP contribution in [0.1, 0.15) is 41.7 Å². The van der Waals surface area contributed by atoms with Crippen LogP contribution in [0.15, 0.2) is 54.9 Å². The van der Waals surface area contributed by atoms with Crippen LogP contribution < -0.4 is 4.90 Å². The predicted molar refractivity (Wildman–Crippen MR) is 115 cm³/mol. The lowest BCUT2D eigenvalue weighted by Crippen LogP contribution is -2.27. The summed E-state index contributed by atoms with van der Waals surface area (Å²) in [5.74, 6) is -1.97. The van der Waals surface area contributed by atoms with Crippen molar-refractivity contribution in [2.45, 2.75) is 46.1 Å². The number of alkyl halides is 2. The smallest absolute Gasteiger partial charge is 0.270 e. The number of benzene rings is 2. The number of phenols is 1. The summed E-state index contributed by atoms with van der Waals surface area (Å²) in [6.45, 7) is 5.99. The van der Waals surface area contributed by atoms with Crippen molar-refractivity contribution in [1.82, 2.24) is 9.97 Å². The van der Waals surface area contributed by atoms with Crippen LogP contribution in [0.3, 0.4) is 0 Å². The summed E-state index contributed by atoms with van der Waals surface area (Å²) >= 11 is 0. The highest BCUT2D eigenvalue weighted by molar-refractivity contribution is 5.37. The Hall–Kier alpha value is -3.02. The van der Waals surface area contributed by atoms with E-state index in [9.17, 15) is 13.9 Å². The lowest BCUT2D eigenvalue weighted by atomic mass is 10.1. The molecule has 1 aromatic heterocycles. The summed E-state index contributed by atoms with van der Waals surface area (Å²) in [6.07, 6.45) is 5.24. The van der Waals surface area contributed by atoms with Crippen molar-refractivity contribution >= 4 is 5.95 Å². The van der Waals surface area contributed by atoms with Gasteiger partial charge in [-0.25, -0.2) is 18.7 Å². The first-order chi connectivity index (χ1) is 14.3. The fourth-order valence-corrected chi connectivity index (χ4v) is 3.20. The normalized spacial score (nSPS) is 11.5. The molecule has 30 heavy (non-hydrogen) atoms. The fourth-order valence-electron chi connectivity index (χ4n) is 3.20. The molecule has 2 aromatic carbocycles. The van der Waals surface area contributed by atoms with Gasteiger partial charge in [-0.15, -0.1) is 0 Å². The molecule has 0 amide bonds. The summed E-state index contributed by atoms with van der Waals surface area (Å²) < 4.78 is 27.0. The van der Waals surface area contributed by atoms with Crippen LogP contribution in [0.2, 0.25) is 0 Å². The van der Waals surface area contributed by atoms with Crippen molar-refractivity contribution in [2.75, 3.05) is 11.4 Å². The van der Waals surface area contributed by atoms with E-state index in [4.69, 9.17) is 0 Å². The second-order valence-electron chi connectivity index (χ2n) is 7.62. The molecule has 0 unspecified atom stereocenters. The fraction of sp³-hybridized carbons (Fsp3) is 0.333. The van der Waals surface area contributed by atoms with Gasteiger partial charge in [-0.2, -0.15) is 0 Å². The predicted octanol–water partition coefficient (Wildman–Crippen LogP) is 5.41. The van der Waals surface area contributed by atoms with Gasteiger partial charge in [0.1, 0.15) is 5.75 Å². The second-order valence-corrected chi connectivity index (χ2v) is 7.62. The molecular formula is C24H27F2N3O. The molecule has 1 heterocycles. The van der Waals surface area contributed by atoms with Gasteiger partial charge >= 0.3 is 0 Å². The highest BCUT2D eigenvalue weighted by atomic mass is 19.3. The molecule has 0 aliphatic carbocycles. The molecule has 0 aliphatic rings. The Balaban J connectivity index is 1.80. The summed E-state index contributed by atoms with van der Waals surface area (Å²) in [7, 11) is 0. The van der Waals surface area contributed by atoms with Crippen LogP contribution in [0, 0.1) is 6.92 Å². The minimum Gasteiger partial charge on any atom is -0.508 e. The minimum atomic E-state index is -2.85. The molecule has 4 nitrogen and oxygen atoms in total. The number of anilines is 1. The van der Waals surface area contributed by atoms with Crippen molar-refractivity contribution in [3.05, 3.63) is 82.7 Å². The monoisotopic (exact) mass is 411 g/mol. The Bertz CT molecular complexity index is 967. The minimum absolute atomic E-state index is 0.000849. The van der Waals surface area contributed by atoms with E-state index in [2.05, 4.69) is 9.97 Å². The highest BCUT2D eigenvalue weighted by Gasteiger charge is 2.23. The molecule has 3 rings (SSSR count). The van der Waals surface area contributed by atoms with Crippen molar-refractivity contribution in [3.8, 4) is 5.75 Å². The van der Waals surface area contributed by atoms with Crippen molar-refractivity contribution in [3.63, 3.8) is 0 Å². The molecule has 1 N–H and O–H groups in total. The van der Waals surface area contributed by atoms with Crippen molar-refractivity contribution in [2.24, 2.45) is 0 Å². The maximum atomic E-state index is 13.5. The maximum absolute atomic E-state index is 13.5. The molecule has 0 radical (unpaired) electrons. The standard InChI is InChI=1S/C24H27F2N3O/c1-4-18-14-27-23(28-15-18)29(12-11-19-7-10-22(30)17(2)13-19)16-20-5-8-21(9-6-20)24(3,25)26/h5-10,13-15,30H,4,11-12,16H2,1-3H3. The number of aromatic hydroxyl groups is 1. The Kier molecular flexibility index (Phi) is 6.65. The van der Waals surface area contributed by atoms with Crippen LogP contribution in [0.5, 0.6) is 5.75 Å². The number of hydrogen-bond donors (Lipinski definition) is 1. The van der Waals surface area contributed by atoms with Gasteiger partial charge in [0.15, 0.2) is 0 Å². The van der Waals surface area contributed by atoms with E-state index in [0.717, 1.165) is 42.0 Å². The van der Waals surface area contributed by atoms with Crippen molar-refractivity contribution < 1.29 is 13.9 Å². The molecule has 0 saturated heterocycles. The third-order valence-electron chi connectivity index (χ3n) is 5.15. The topological polar surface area (TPSA) is 49.2 Å². The number of aromatic nitrogens is 2. The van der Waals surface area contributed by atoms with Crippen LogP contribution in [-0.2, 0) is 25.3 Å². The Morgan fingerprint density at radius 3 is 2.17 bits per heavy atom. The van der Waals surface area contributed by atoms with Gasteiger partial charge in [0.25, 0.3) is 5.92 Å². The molecule has 6 heteroatoms. The van der Waals surface area contributed by atoms with Crippen LogP contribution in [0.4, 0.5) is 14.7 Å². The SMILES string of the molecule is CCc1cnc(N(CCc2ccc(O)c(C)c2)Cc2ccc(C(C)(F)F)cc2)nc1. The Morgan fingerprint density at radius 1 is 0.967 bits per heavy atom. The van der Waals surface area contributed by atoms with Crippen LogP contribution >= 0.6 is 0 Å². The third-order valence-corrected chi connectivity index (χ3v) is 5.15. The largest absolute Gasteiger partial charge is 0.508 e. The van der Waals surface area contributed by atoms with Crippen LogP contribution in [0.25, 0.3) is 0 Å². The molecular weight excluding hydrogens is 384 g/mol. The maximum Gasteiger partial charge on any atom is 0.270 e. The second kappa shape index (κ2) is 9.20. The summed E-state index contributed by atoms with van der Waals surface area (Å²) in [5, 5.41) is 9.74. The molecule has 158 valence electrons. The first-order valence-electron chi connectivity index (χ1n) is 10.1. The first-order valence-corrected chi connectivity index (χ1v) is 10.1. The van der Waals surface area contributed by atoms with Gasteiger partial charge in [-0.05, 0) is 48.1 Å². The van der Waals surface area contributed by atoms with Gasteiger partial charge in [-0.1, -0.05) is 43.3 Å². The number of nitrogens with zero attached hydrogens (tertiary/aromatic N) is 3. The molecule has 0 fully saturated rings. The lowest BCUT2D eigenvalue weighted by Gasteiger charge is -2.23. The van der Waals surface area contributed by atoms with E-state index >= 15 is 0 Å². The zero-order valence-electron chi connectivity index (χ0n) is 17.6. The number of aryl methyl sites for hydroxylation is 2. The molecule has 0 bridgehead atoms. The number of phenolic OH excluding ortho intramolecular Hbond substituents is 1. The zero-order chi connectivity index (χ0) is 21.7. The summed E-state index contributed by atoms with van der Waals surface area (Å²) in [5.41, 5.74) is 3.90. The highest BCUT2D eigenvalue weighted by Crippen LogP contribution is 2.27. The molecule has 0 saturated carbocycles. The van der Waals surface area contributed by atoms with E-state index in [0.29, 0.717) is 19.0 Å². The van der Waals surface area contributed by atoms with Crippen LogP contribution in [-0.4, -0.2) is 21.6 Å². The van der Waals surface area contributed by atoms with Gasteiger partial charge < -0.3 is 10.0 Å². The van der Waals surface area contributed by atoms with E-state index in [1.54, 1.807) is 18.2 Å². The summed E-state index contributed by atoms with van der Waals surface area (Å²) in [6, 6.07) is 12.0. The van der Waals surface area contributed by atoms with E-state index in [1.165, 1.54) is 12.1 Å². The van der Waals surface area contributed by atoms with Gasteiger partial charge in [0.2, 0.25) is 5.95 Å². The van der Waals surface area contributed by atoms with Gasteiger partial charge in [0, 0.05) is 38.0 Å².